The van der Waals surface area contributed by atoms with E-state index in [2.05, 4.69) is 17.6 Å². The van der Waals surface area contributed by atoms with Gasteiger partial charge >= 0.3 is 11.8 Å². The maximum absolute atomic E-state index is 11.7. The molecule has 3 atom stereocenters. The van der Waals surface area contributed by atoms with Crippen LogP contribution in [0.25, 0.3) is 0 Å². The fourth-order valence-electron chi connectivity index (χ4n) is 3.08. The molecule has 0 aromatic carbocycles. The van der Waals surface area contributed by atoms with Gasteiger partial charge in [0.2, 0.25) is 0 Å². The highest BCUT2D eigenvalue weighted by Crippen LogP contribution is 2.10. The zero-order valence-corrected chi connectivity index (χ0v) is 12.2. The third-order valence-corrected chi connectivity index (χ3v) is 4.31. The fourth-order valence-corrected chi connectivity index (χ4v) is 3.08. The summed E-state index contributed by atoms with van der Waals surface area (Å²) in [6, 6.07) is 0.454. The molecule has 0 aromatic heterocycles. The van der Waals surface area contributed by atoms with Crippen molar-refractivity contribution in [3.05, 3.63) is 0 Å². The van der Waals surface area contributed by atoms with Crippen molar-refractivity contribution < 1.29 is 19.2 Å². The summed E-state index contributed by atoms with van der Waals surface area (Å²) in [6.45, 7) is 6.18. The Balaban J connectivity index is 1.64. The van der Waals surface area contributed by atoms with Gasteiger partial charge in [-0.1, -0.05) is 0 Å². The second kappa shape index (κ2) is 7.59. The minimum Gasteiger partial charge on any atom is -0.376 e. The highest BCUT2D eigenvalue weighted by molar-refractivity contribution is 6.35. The Labute approximate surface area is 120 Å². The first-order valence-electron chi connectivity index (χ1n) is 7.73. The van der Waals surface area contributed by atoms with Crippen LogP contribution in [0.1, 0.15) is 32.6 Å². The molecule has 0 aromatic rings. The number of likely N-dealkylation sites (N-methyl/N-ethyl adjacent to an activating group) is 1. The first kappa shape index (κ1) is 15.3. The van der Waals surface area contributed by atoms with Gasteiger partial charge in [0.15, 0.2) is 0 Å². The van der Waals surface area contributed by atoms with Crippen molar-refractivity contribution in [1.29, 1.82) is 0 Å². The molecule has 2 rings (SSSR count). The van der Waals surface area contributed by atoms with Gasteiger partial charge in [0.25, 0.3) is 0 Å². The molecule has 2 aliphatic rings. The number of hydrogen-bond donors (Lipinski definition) is 3. The molecule has 0 radical (unpaired) electrons. The Morgan fingerprint density at radius 2 is 1.90 bits per heavy atom. The maximum Gasteiger partial charge on any atom is 0.309 e. The fraction of sp³-hybridized carbons (Fsp3) is 0.857. The lowest BCUT2D eigenvalue weighted by atomic mass is 10.2. The molecule has 2 fully saturated rings. The molecule has 2 amide bonds. The van der Waals surface area contributed by atoms with Crippen LogP contribution in [-0.4, -0.2) is 56.7 Å². The topological polar surface area (TPSA) is 71.9 Å². The van der Waals surface area contributed by atoms with Crippen molar-refractivity contribution in [2.45, 2.75) is 44.8 Å². The normalized spacial score (nSPS) is 29.4. The molecular weight excluding hydrogens is 258 g/mol. The third-order valence-electron chi connectivity index (χ3n) is 4.31. The van der Waals surface area contributed by atoms with Crippen molar-refractivity contribution in [1.82, 2.24) is 10.6 Å². The highest BCUT2D eigenvalue weighted by atomic mass is 16.5. The number of quaternary nitrogens is 1. The highest BCUT2D eigenvalue weighted by Gasteiger charge is 2.28. The van der Waals surface area contributed by atoms with Gasteiger partial charge < -0.3 is 20.3 Å². The minimum atomic E-state index is -0.545. The van der Waals surface area contributed by atoms with Crippen LogP contribution in [0.2, 0.25) is 0 Å². The molecule has 0 saturated carbocycles. The van der Waals surface area contributed by atoms with Gasteiger partial charge in [0.1, 0.15) is 6.04 Å². The summed E-state index contributed by atoms with van der Waals surface area (Å²) in [4.78, 5) is 24.9. The number of ether oxygens (including phenoxy) is 1. The molecular formula is C14H26N3O3+. The maximum atomic E-state index is 11.7. The smallest absolute Gasteiger partial charge is 0.309 e. The van der Waals surface area contributed by atoms with Crippen LogP contribution in [0.15, 0.2) is 0 Å². The van der Waals surface area contributed by atoms with Gasteiger partial charge in [-0.05, 0) is 19.8 Å². The van der Waals surface area contributed by atoms with E-state index in [9.17, 15) is 9.59 Å². The van der Waals surface area contributed by atoms with Gasteiger partial charge in [-0.25, -0.2) is 0 Å². The summed E-state index contributed by atoms with van der Waals surface area (Å²) in [5, 5.41) is 5.39. The lowest BCUT2D eigenvalue weighted by Crippen LogP contribution is -3.14. The summed E-state index contributed by atoms with van der Waals surface area (Å²) in [5.41, 5.74) is 0. The van der Waals surface area contributed by atoms with Crippen LogP contribution in [0, 0.1) is 0 Å². The van der Waals surface area contributed by atoms with E-state index in [1.54, 1.807) is 0 Å². The van der Waals surface area contributed by atoms with Crippen molar-refractivity contribution in [3.63, 3.8) is 0 Å². The Bertz CT molecular complexity index is 343. The summed E-state index contributed by atoms with van der Waals surface area (Å²) >= 11 is 0. The van der Waals surface area contributed by atoms with Crippen LogP contribution < -0.4 is 15.5 Å². The van der Waals surface area contributed by atoms with Crippen molar-refractivity contribution >= 4 is 11.8 Å². The number of carbonyl (C=O) groups is 2. The molecule has 3 N–H and O–H groups in total. The van der Waals surface area contributed by atoms with E-state index in [1.165, 1.54) is 17.9 Å². The molecule has 0 aliphatic carbocycles. The van der Waals surface area contributed by atoms with E-state index in [0.717, 1.165) is 32.4 Å². The van der Waals surface area contributed by atoms with E-state index < -0.39 is 11.8 Å². The standard InChI is InChI=1S/C14H25N3O3/c1-2-17-7-3-5-11(17)9-15-13(18)14(19)16-10-12-6-4-8-20-12/h11-12H,2-10H2,1H3,(H,15,18)(H,16,19)/p+1/t11-,12+/m1/s1. The second-order valence-electron chi connectivity index (χ2n) is 5.66. The Kier molecular flexibility index (Phi) is 5.79. The van der Waals surface area contributed by atoms with E-state index in [4.69, 9.17) is 4.74 Å². The van der Waals surface area contributed by atoms with Crippen LogP contribution in [-0.2, 0) is 14.3 Å². The van der Waals surface area contributed by atoms with Crippen LogP contribution in [0.5, 0.6) is 0 Å². The summed E-state index contributed by atoms with van der Waals surface area (Å²) in [5.74, 6) is -1.07. The van der Waals surface area contributed by atoms with Crippen LogP contribution in [0.3, 0.4) is 0 Å². The molecule has 2 aliphatic heterocycles. The monoisotopic (exact) mass is 284 g/mol. The van der Waals surface area contributed by atoms with Crippen LogP contribution in [0.4, 0.5) is 0 Å². The summed E-state index contributed by atoms with van der Waals surface area (Å²) in [7, 11) is 0. The van der Waals surface area contributed by atoms with E-state index in [-0.39, 0.29) is 6.10 Å². The van der Waals surface area contributed by atoms with Crippen molar-refractivity contribution in [3.8, 4) is 0 Å². The van der Waals surface area contributed by atoms with Gasteiger partial charge in [0, 0.05) is 26.0 Å². The largest absolute Gasteiger partial charge is 0.376 e. The molecule has 2 heterocycles. The Hall–Kier alpha value is -1.14. The summed E-state index contributed by atoms with van der Waals surface area (Å²) < 4.78 is 5.40. The minimum absolute atomic E-state index is 0.0709. The number of amides is 2. The lowest BCUT2D eigenvalue weighted by Gasteiger charge is -2.20. The molecule has 1 unspecified atom stereocenters. The number of likely N-dealkylation sites (tertiary alicyclic amines) is 1. The first-order valence-corrected chi connectivity index (χ1v) is 7.73. The van der Waals surface area contributed by atoms with Gasteiger partial charge in [-0.15, -0.1) is 0 Å². The molecule has 2 saturated heterocycles. The first-order chi connectivity index (χ1) is 9.70. The van der Waals surface area contributed by atoms with Gasteiger partial charge in [-0.3, -0.25) is 9.59 Å². The SMILES string of the molecule is CC[NH+]1CCC[C@@H]1CNC(=O)C(=O)NC[C@@H]1CCCO1. The zero-order valence-electron chi connectivity index (χ0n) is 12.2. The molecule has 114 valence electrons. The number of carbonyl (C=O) groups excluding carboxylic acids is 2. The predicted molar refractivity (Wildman–Crippen MR) is 74.4 cm³/mol. The molecule has 0 spiro atoms. The van der Waals surface area contributed by atoms with Crippen molar-refractivity contribution in [2.75, 3.05) is 32.8 Å². The molecule has 6 heteroatoms. The number of hydrogen-bond acceptors (Lipinski definition) is 3. The Morgan fingerprint density at radius 1 is 1.15 bits per heavy atom. The Morgan fingerprint density at radius 3 is 2.55 bits per heavy atom. The van der Waals surface area contributed by atoms with E-state index in [0.29, 0.717) is 19.1 Å². The van der Waals surface area contributed by atoms with E-state index in [1.807, 2.05) is 0 Å². The average Bonchev–Trinajstić information content (AvgIpc) is 3.12. The van der Waals surface area contributed by atoms with Gasteiger partial charge in [0.05, 0.1) is 25.7 Å². The lowest BCUT2D eigenvalue weighted by molar-refractivity contribution is -0.909. The van der Waals surface area contributed by atoms with Gasteiger partial charge in [-0.2, -0.15) is 0 Å². The number of rotatable bonds is 5. The molecule has 20 heavy (non-hydrogen) atoms. The zero-order chi connectivity index (χ0) is 14.4. The quantitative estimate of drug-likeness (QED) is 0.536. The molecule has 0 bridgehead atoms. The summed E-state index contributed by atoms with van der Waals surface area (Å²) in [6.07, 6.45) is 4.39. The molecule has 6 nitrogen and oxygen atoms in total. The van der Waals surface area contributed by atoms with Crippen molar-refractivity contribution in [2.24, 2.45) is 0 Å². The third kappa shape index (κ3) is 4.18. The average molecular weight is 284 g/mol. The van der Waals surface area contributed by atoms with Crippen LogP contribution >= 0.6 is 0 Å². The van der Waals surface area contributed by atoms with E-state index >= 15 is 0 Å². The number of nitrogens with one attached hydrogen (secondary N) is 3. The second-order valence-corrected chi connectivity index (χ2v) is 5.66. The predicted octanol–water partition coefficient (Wildman–Crippen LogP) is -1.53.